The van der Waals surface area contributed by atoms with Crippen LogP contribution in [0.3, 0.4) is 0 Å². The van der Waals surface area contributed by atoms with Crippen LogP contribution >= 0.6 is 0 Å². The molecule has 0 aromatic heterocycles. The van der Waals surface area contributed by atoms with Crippen molar-refractivity contribution in [3.63, 3.8) is 0 Å². The minimum atomic E-state index is -1.69. The van der Waals surface area contributed by atoms with Crippen molar-refractivity contribution < 1.29 is 43.9 Å². The maximum atomic E-state index is 14.5. The van der Waals surface area contributed by atoms with Crippen LogP contribution in [0.25, 0.3) is 6.08 Å². The van der Waals surface area contributed by atoms with Gasteiger partial charge in [0.15, 0.2) is 22.8 Å². The molecule has 3 heterocycles. The molecular weight excluding hydrogens is 540 g/mol. The van der Waals surface area contributed by atoms with E-state index in [2.05, 4.69) is 6.58 Å². The topological polar surface area (TPSA) is 140 Å². The summed E-state index contributed by atoms with van der Waals surface area (Å²) in [5.74, 6) is -2.98. The Hall–Kier alpha value is -3.69. The van der Waals surface area contributed by atoms with E-state index in [0.717, 1.165) is 0 Å². The van der Waals surface area contributed by atoms with Crippen LogP contribution in [0.1, 0.15) is 75.9 Å². The van der Waals surface area contributed by atoms with Crippen LogP contribution in [-0.4, -0.2) is 61.4 Å². The number of aliphatic carboxylic acids is 1. The van der Waals surface area contributed by atoms with Gasteiger partial charge in [0.1, 0.15) is 28.4 Å². The third-order valence-corrected chi connectivity index (χ3v) is 9.62. The Morgan fingerprint density at radius 3 is 2.50 bits per heavy atom. The van der Waals surface area contributed by atoms with Gasteiger partial charge in [0.25, 0.3) is 0 Å². The number of ketones is 2. The van der Waals surface area contributed by atoms with Crippen LogP contribution in [0.4, 0.5) is 0 Å². The van der Waals surface area contributed by atoms with Crippen molar-refractivity contribution in [1.29, 1.82) is 0 Å². The van der Waals surface area contributed by atoms with Gasteiger partial charge in [0, 0.05) is 41.4 Å². The standard InChI is InChI=1S/C33H36O9/c1-15(2)21(34)14-19-26-18(9-10-30(4,5)40-26)24(35)23-25(36)20-12-17-13-22-31(6,7)42-32(28(17)37,11-8-16(3)29(38)39)33(20,22)41-27(19)23/h8-10,12,17,21-22,34-35H,1,11,13-14H2,2-7H3,(H,38,39)/b16-8-/t17-,21?,22+,32+,33-/m1/s1. The van der Waals surface area contributed by atoms with Gasteiger partial charge >= 0.3 is 5.97 Å². The first-order chi connectivity index (χ1) is 19.5. The lowest BCUT2D eigenvalue weighted by Crippen LogP contribution is -2.72. The molecule has 1 unspecified atom stereocenters. The molecule has 9 nitrogen and oxygen atoms in total. The number of ether oxygens (including phenoxy) is 3. The van der Waals surface area contributed by atoms with E-state index in [1.54, 1.807) is 25.2 Å². The summed E-state index contributed by atoms with van der Waals surface area (Å²) >= 11 is 0. The number of aliphatic hydroxyl groups excluding tert-OH is 1. The Bertz CT molecular complexity index is 1590. The van der Waals surface area contributed by atoms with Crippen LogP contribution in [-0.2, 0) is 20.7 Å². The van der Waals surface area contributed by atoms with E-state index in [1.807, 2.05) is 27.7 Å². The molecule has 3 aliphatic carbocycles. The third kappa shape index (κ3) is 3.53. The number of aromatic hydroxyl groups is 1. The van der Waals surface area contributed by atoms with Crippen LogP contribution in [0.15, 0.2) is 41.5 Å². The number of carbonyl (C=O) groups is 3. The molecule has 222 valence electrons. The number of carbonyl (C=O) groups excluding carboxylic acids is 2. The fraction of sp³-hybridized carbons (Fsp3) is 0.485. The normalized spacial score (nSPS) is 31.8. The summed E-state index contributed by atoms with van der Waals surface area (Å²) in [5, 5.41) is 32.1. The largest absolute Gasteiger partial charge is 0.506 e. The Morgan fingerprint density at radius 2 is 1.86 bits per heavy atom. The molecule has 7 rings (SSSR count). The van der Waals surface area contributed by atoms with E-state index < -0.39 is 52.1 Å². The van der Waals surface area contributed by atoms with E-state index in [1.165, 1.54) is 13.0 Å². The van der Waals surface area contributed by atoms with Gasteiger partial charge in [0.05, 0.1) is 17.3 Å². The maximum Gasteiger partial charge on any atom is 0.330 e. The molecule has 42 heavy (non-hydrogen) atoms. The highest BCUT2D eigenvalue weighted by molar-refractivity contribution is 6.19. The van der Waals surface area contributed by atoms with Crippen molar-refractivity contribution in [1.82, 2.24) is 0 Å². The van der Waals surface area contributed by atoms with Gasteiger partial charge in [-0.2, -0.15) is 0 Å². The SMILES string of the molecule is C=C(C)C(O)Cc1c2c(c(O)c3c1O[C@]14C(=C[C@@H]5C[C@H]1C(C)(C)O[C@@]4(C/C=C(/C)C(=O)O)C5=O)C3=O)C=CC(C)(C)O2. The number of aliphatic hydroxyl groups is 1. The quantitative estimate of drug-likeness (QED) is 0.330. The fourth-order valence-electron chi connectivity index (χ4n) is 7.51. The van der Waals surface area contributed by atoms with Gasteiger partial charge in [-0.25, -0.2) is 4.79 Å². The molecule has 1 aromatic carbocycles. The summed E-state index contributed by atoms with van der Waals surface area (Å²) in [5.41, 5.74) is -3.59. The summed E-state index contributed by atoms with van der Waals surface area (Å²) in [4.78, 5) is 40.4. The average molecular weight is 577 g/mol. The fourth-order valence-corrected chi connectivity index (χ4v) is 7.51. The van der Waals surface area contributed by atoms with Crippen molar-refractivity contribution in [2.24, 2.45) is 11.8 Å². The molecule has 1 saturated heterocycles. The zero-order valence-corrected chi connectivity index (χ0v) is 24.7. The molecule has 0 amide bonds. The number of Topliss-reactive ketones (excluding diaryl/α,β-unsaturated/α-hetero) is 2. The Balaban J connectivity index is 1.65. The second-order valence-corrected chi connectivity index (χ2v) is 13.3. The number of phenols is 1. The molecular formula is C33H36O9. The molecule has 0 radical (unpaired) electrons. The molecule has 1 aromatic rings. The molecule has 2 fully saturated rings. The number of carboxylic acid groups (broad SMARTS) is 1. The number of rotatable bonds is 6. The van der Waals surface area contributed by atoms with E-state index in [0.29, 0.717) is 23.1 Å². The van der Waals surface area contributed by atoms with Crippen LogP contribution < -0.4 is 9.47 Å². The van der Waals surface area contributed by atoms with Crippen molar-refractivity contribution in [2.45, 2.75) is 89.3 Å². The summed E-state index contributed by atoms with van der Waals surface area (Å²) in [7, 11) is 0. The lowest BCUT2D eigenvalue weighted by atomic mass is 9.51. The lowest BCUT2D eigenvalue weighted by molar-refractivity contribution is -0.171. The highest BCUT2D eigenvalue weighted by Gasteiger charge is 2.81. The van der Waals surface area contributed by atoms with Gasteiger partial charge in [0.2, 0.25) is 0 Å². The first kappa shape index (κ1) is 28.4. The lowest BCUT2D eigenvalue weighted by Gasteiger charge is -2.56. The second-order valence-electron chi connectivity index (χ2n) is 13.3. The van der Waals surface area contributed by atoms with E-state index in [9.17, 15) is 29.7 Å². The minimum absolute atomic E-state index is 0.0247. The first-order valence-corrected chi connectivity index (χ1v) is 14.2. The molecule has 3 N–H and O–H groups in total. The molecule has 1 saturated carbocycles. The smallest absolute Gasteiger partial charge is 0.330 e. The maximum absolute atomic E-state index is 14.5. The third-order valence-electron chi connectivity index (χ3n) is 9.62. The number of carboxylic acids is 1. The molecule has 6 aliphatic rings. The van der Waals surface area contributed by atoms with Crippen molar-refractivity contribution in [3.05, 3.63) is 58.2 Å². The summed E-state index contributed by atoms with van der Waals surface area (Å²) < 4.78 is 19.9. The van der Waals surface area contributed by atoms with E-state index in [4.69, 9.17) is 14.2 Å². The van der Waals surface area contributed by atoms with Gasteiger partial charge in [-0.15, -0.1) is 0 Å². The number of phenolic OH excluding ortho intramolecular Hbond substituents is 1. The van der Waals surface area contributed by atoms with Crippen molar-refractivity contribution in [3.8, 4) is 17.2 Å². The predicted octanol–water partition coefficient (Wildman–Crippen LogP) is 4.48. The van der Waals surface area contributed by atoms with Gasteiger partial charge in [-0.05, 0) is 60.1 Å². The highest BCUT2D eigenvalue weighted by atomic mass is 16.6. The van der Waals surface area contributed by atoms with Gasteiger partial charge in [-0.1, -0.05) is 24.3 Å². The summed E-state index contributed by atoms with van der Waals surface area (Å²) in [6.45, 7) is 14.4. The second kappa shape index (κ2) is 8.67. The zero-order chi connectivity index (χ0) is 30.7. The first-order valence-electron chi connectivity index (χ1n) is 14.2. The number of fused-ring (bicyclic) bond motifs is 2. The Labute approximate surface area is 244 Å². The molecule has 3 aliphatic heterocycles. The van der Waals surface area contributed by atoms with Crippen molar-refractivity contribution >= 4 is 23.6 Å². The number of hydrogen-bond donors (Lipinski definition) is 3. The van der Waals surface area contributed by atoms with Crippen LogP contribution in [0.2, 0.25) is 0 Å². The van der Waals surface area contributed by atoms with E-state index in [-0.39, 0.29) is 52.6 Å². The van der Waals surface area contributed by atoms with Crippen molar-refractivity contribution in [2.75, 3.05) is 0 Å². The molecule has 4 bridgehead atoms. The Morgan fingerprint density at radius 1 is 1.17 bits per heavy atom. The predicted molar refractivity (Wildman–Crippen MR) is 153 cm³/mol. The number of allylic oxidation sites excluding steroid dienone is 1. The van der Waals surface area contributed by atoms with Gasteiger partial charge in [-0.3, -0.25) is 9.59 Å². The molecule has 5 atom stereocenters. The van der Waals surface area contributed by atoms with Crippen LogP contribution in [0.5, 0.6) is 17.2 Å². The zero-order valence-electron chi connectivity index (χ0n) is 24.7. The number of hydrogen-bond acceptors (Lipinski definition) is 8. The number of benzene rings is 1. The summed E-state index contributed by atoms with van der Waals surface area (Å²) in [6.07, 6.45) is 5.78. The molecule has 9 heteroatoms. The van der Waals surface area contributed by atoms with E-state index >= 15 is 0 Å². The minimum Gasteiger partial charge on any atom is -0.506 e. The Kier molecular flexibility index (Phi) is 5.87. The molecule has 1 spiro atoms. The van der Waals surface area contributed by atoms with Gasteiger partial charge < -0.3 is 29.5 Å². The summed E-state index contributed by atoms with van der Waals surface area (Å²) in [6, 6.07) is 0. The monoisotopic (exact) mass is 576 g/mol. The average Bonchev–Trinajstić information content (AvgIpc) is 3.05. The highest BCUT2D eigenvalue weighted by Crippen LogP contribution is 2.68. The van der Waals surface area contributed by atoms with Crippen LogP contribution in [0, 0.1) is 11.8 Å².